The van der Waals surface area contributed by atoms with Gasteiger partial charge in [0.05, 0.1) is 36.6 Å². The number of urea groups is 1. The number of carbonyl (C=O) groups is 1. The molecule has 2 amide bonds. The number of rotatable bonds is 6. The van der Waals surface area contributed by atoms with E-state index in [9.17, 15) is 18.0 Å². The van der Waals surface area contributed by atoms with Crippen molar-refractivity contribution in [1.82, 2.24) is 29.8 Å². The molecule has 2 aromatic carbocycles. The molecule has 1 saturated heterocycles. The molecule has 226 valence electrons. The molecule has 0 bridgehead atoms. The molecule has 0 unspecified atom stereocenters. The van der Waals surface area contributed by atoms with Crippen LogP contribution in [0.1, 0.15) is 40.4 Å². The number of pyridine rings is 1. The second-order valence-electron chi connectivity index (χ2n) is 10.0. The number of nitrogens with zero attached hydrogens (tertiary/aromatic N) is 6. The van der Waals surface area contributed by atoms with E-state index in [0.29, 0.717) is 47.0 Å². The maximum atomic E-state index is 13.0. The SMILES string of the molecule is O=C(Nc1cccc(C#Cc2cnc(Nc3cnn(Cc4ccc(C(F)(F)F)nc4)c3)nc2)c1)N1OCC[C@H]1c1ccccc1. The van der Waals surface area contributed by atoms with Crippen LogP contribution in [-0.4, -0.2) is 42.4 Å². The maximum absolute atomic E-state index is 13.0. The minimum Gasteiger partial charge on any atom is -0.321 e. The summed E-state index contributed by atoms with van der Waals surface area (Å²) in [6.45, 7) is 0.704. The van der Waals surface area contributed by atoms with Crippen LogP contribution in [0, 0.1) is 11.8 Å². The quantitative estimate of drug-likeness (QED) is 0.221. The molecule has 13 heteroatoms. The van der Waals surface area contributed by atoms with Gasteiger partial charge in [-0.2, -0.15) is 23.3 Å². The first kappa shape index (κ1) is 29.3. The number of alkyl halides is 3. The molecule has 0 aliphatic carbocycles. The Morgan fingerprint density at radius 2 is 1.71 bits per heavy atom. The van der Waals surface area contributed by atoms with Gasteiger partial charge in [-0.3, -0.25) is 14.5 Å². The van der Waals surface area contributed by atoms with E-state index in [-0.39, 0.29) is 18.6 Å². The molecule has 0 radical (unpaired) electrons. The Balaban J connectivity index is 1.04. The van der Waals surface area contributed by atoms with Crippen LogP contribution in [0.5, 0.6) is 0 Å². The summed E-state index contributed by atoms with van der Waals surface area (Å²) in [4.78, 5) is 30.6. The highest BCUT2D eigenvalue weighted by Gasteiger charge is 2.32. The molecule has 6 rings (SSSR count). The molecule has 3 aromatic heterocycles. The molecule has 1 atom stereocenters. The average molecular weight is 611 g/mol. The molecule has 4 heterocycles. The van der Waals surface area contributed by atoms with Gasteiger partial charge < -0.3 is 10.6 Å². The lowest BCUT2D eigenvalue weighted by Gasteiger charge is -2.23. The highest BCUT2D eigenvalue weighted by molar-refractivity contribution is 5.89. The number of hydrogen-bond donors (Lipinski definition) is 2. The number of anilines is 3. The summed E-state index contributed by atoms with van der Waals surface area (Å²) < 4.78 is 39.7. The van der Waals surface area contributed by atoms with Gasteiger partial charge in [-0.15, -0.1) is 0 Å². The smallest absolute Gasteiger partial charge is 0.321 e. The molecule has 10 nitrogen and oxygen atoms in total. The number of hydroxylamine groups is 2. The largest absolute Gasteiger partial charge is 0.433 e. The molecular weight excluding hydrogens is 585 g/mol. The zero-order valence-electron chi connectivity index (χ0n) is 23.6. The van der Waals surface area contributed by atoms with Crippen molar-refractivity contribution >= 4 is 23.4 Å². The number of amides is 2. The molecule has 1 aliphatic rings. The Bertz CT molecular complexity index is 1830. The first-order valence-electron chi connectivity index (χ1n) is 13.8. The molecule has 45 heavy (non-hydrogen) atoms. The van der Waals surface area contributed by atoms with Crippen molar-refractivity contribution in [3.05, 3.63) is 126 Å². The number of nitrogens with one attached hydrogen (secondary N) is 2. The second-order valence-corrected chi connectivity index (χ2v) is 10.0. The van der Waals surface area contributed by atoms with Gasteiger partial charge in [0.25, 0.3) is 0 Å². The molecule has 1 fully saturated rings. The van der Waals surface area contributed by atoms with Gasteiger partial charge in [0, 0.05) is 42.5 Å². The Labute approximate surface area is 255 Å². The third kappa shape index (κ3) is 7.43. The van der Waals surface area contributed by atoms with Crippen LogP contribution in [0.25, 0.3) is 0 Å². The summed E-state index contributed by atoms with van der Waals surface area (Å²) in [7, 11) is 0. The topological polar surface area (TPSA) is 110 Å². The van der Waals surface area contributed by atoms with Gasteiger partial charge in [0.2, 0.25) is 5.95 Å². The molecule has 2 N–H and O–H groups in total. The maximum Gasteiger partial charge on any atom is 0.433 e. The highest BCUT2D eigenvalue weighted by Crippen LogP contribution is 2.31. The van der Waals surface area contributed by atoms with Gasteiger partial charge in [-0.05, 0) is 35.4 Å². The summed E-state index contributed by atoms with van der Waals surface area (Å²) in [6, 6.07) is 18.7. The van der Waals surface area contributed by atoms with Crippen LogP contribution in [-0.2, 0) is 17.6 Å². The molecule has 5 aromatic rings. The van der Waals surface area contributed by atoms with Crippen molar-refractivity contribution in [3.8, 4) is 11.8 Å². The molecule has 0 saturated carbocycles. The summed E-state index contributed by atoms with van der Waals surface area (Å²) in [5.74, 6) is 6.39. The number of aromatic nitrogens is 5. The fourth-order valence-corrected chi connectivity index (χ4v) is 4.62. The van der Waals surface area contributed by atoms with E-state index in [1.54, 1.807) is 47.7 Å². The van der Waals surface area contributed by atoms with Crippen LogP contribution in [0.15, 0.2) is 97.7 Å². The minimum atomic E-state index is -4.48. The van der Waals surface area contributed by atoms with Crippen LogP contribution in [0.3, 0.4) is 0 Å². The van der Waals surface area contributed by atoms with Crippen molar-refractivity contribution in [1.29, 1.82) is 0 Å². The third-order valence-corrected chi connectivity index (χ3v) is 6.76. The van der Waals surface area contributed by atoms with Gasteiger partial charge >= 0.3 is 12.2 Å². The molecular formula is C32H25F3N8O2. The first-order chi connectivity index (χ1) is 21.8. The lowest BCUT2D eigenvalue weighted by molar-refractivity contribution is -0.141. The van der Waals surface area contributed by atoms with E-state index in [2.05, 4.69) is 42.5 Å². The fourth-order valence-electron chi connectivity index (χ4n) is 4.62. The van der Waals surface area contributed by atoms with Crippen molar-refractivity contribution in [2.75, 3.05) is 17.2 Å². The normalized spacial score (nSPS) is 14.5. The van der Waals surface area contributed by atoms with Gasteiger partial charge in [0.1, 0.15) is 5.69 Å². The van der Waals surface area contributed by atoms with E-state index in [0.717, 1.165) is 11.6 Å². The zero-order valence-corrected chi connectivity index (χ0v) is 23.6. The van der Waals surface area contributed by atoms with E-state index in [1.165, 1.54) is 17.3 Å². The Kier molecular flexibility index (Phi) is 8.39. The lowest BCUT2D eigenvalue weighted by atomic mass is 10.1. The number of halogens is 3. The predicted octanol–water partition coefficient (Wildman–Crippen LogP) is 6.19. The first-order valence-corrected chi connectivity index (χ1v) is 13.8. The monoisotopic (exact) mass is 610 g/mol. The van der Waals surface area contributed by atoms with Crippen molar-refractivity contribution in [2.45, 2.75) is 25.2 Å². The third-order valence-electron chi connectivity index (χ3n) is 6.76. The average Bonchev–Trinajstić information content (AvgIpc) is 3.71. The Hall–Kier alpha value is -5.74. The van der Waals surface area contributed by atoms with Crippen LogP contribution >= 0.6 is 0 Å². The van der Waals surface area contributed by atoms with E-state index in [4.69, 9.17) is 4.84 Å². The van der Waals surface area contributed by atoms with Gasteiger partial charge in [-0.25, -0.2) is 14.8 Å². The zero-order chi connectivity index (χ0) is 31.2. The van der Waals surface area contributed by atoms with E-state index >= 15 is 0 Å². The van der Waals surface area contributed by atoms with Gasteiger partial charge in [-0.1, -0.05) is 54.3 Å². The summed E-state index contributed by atoms with van der Waals surface area (Å²) in [5, 5.41) is 11.5. The van der Waals surface area contributed by atoms with Gasteiger partial charge in [0.15, 0.2) is 0 Å². The number of benzene rings is 2. The molecule has 0 spiro atoms. The van der Waals surface area contributed by atoms with Crippen molar-refractivity contribution in [2.24, 2.45) is 0 Å². The summed E-state index contributed by atoms with van der Waals surface area (Å²) >= 11 is 0. The Morgan fingerprint density at radius 1 is 0.911 bits per heavy atom. The Morgan fingerprint density at radius 3 is 2.47 bits per heavy atom. The minimum absolute atomic E-state index is 0.159. The standard InChI is InChI=1S/C32H25F3N8O2/c33-32(34,35)29-12-11-24(18-36-29)20-42-21-27(19-39-42)40-30-37-16-23(17-38-30)10-9-22-5-4-8-26(15-22)41-31(44)43-28(13-14-45-43)25-6-2-1-3-7-25/h1-8,11-12,15-19,21,28H,13-14,20H2,(H,41,44)(H,37,38,40)/t28-/m0/s1. The highest BCUT2D eigenvalue weighted by atomic mass is 19.4. The van der Waals surface area contributed by atoms with Crippen LogP contribution in [0.4, 0.5) is 35.3 Å². The van der Waals surface area contributed by atoms with Crippen LogP contribution in [0.2, 0.25) is 0 Å². The number of hydrogen-bond acceptors (Lipinski definition) is 7. The number of carbonyl (C=O) groups excluding carboxylic acids is 1. The molecule has 1 aliphatic heterocycles. The fraction of sp³-hybridized carbons (Fsp3) is 0.156. The summed E-state index contributed by atoms with van der Waals surface area (Å²) in [5.41, 5.74) is 3.09. The lowest BCUT2D eigenvalue weighted by Crippen LogP contribution is -2.33. The summed E-state index contributed by atoms with van der Waals surface area (Å²) in [6.07, 6.45) is 3.78. The van der Waals surface area contributed by atoms with Crippen molar-refractivity contribution in [3.63, 3.8) is 0 Å². The predicted molar refractivity (Wildman–Crippen MR) is 159 cm³/mol. The van der Waals surface area contributed by atoms with E-state index in [1.807, 2.05) is 36.4 Å². The van der Waals surface area contributed by atoms with Crippen LogP contribution < -0.4 is 10.6 Å². The second kappa shape index (κ2) is 12.9. The van der Waals surface area contributed by atoms with E-state index < -0.39 is 11.9 Å². The van der Waals surface area contributed by atoms with Crippen molar-refractivity contribution < 1.29 is 22.8 Å².